The van der Waals surface area contributed by atoms with Crippen LogP contribution < -0.4 is 10.6 Å². The number of hydrogen-bond donors (Lipinski definition) is 2. The number of nitrogens with one attached hydrogen (secondary N) is 2. The van der Waals surface area contributed by atoms with Gasteiger partial charge in [0.05, 0.1) is 0 Å². The first-order valence-electron chi connectivity index (χ1n) is 6.61. The van der Waals surface area contributed by atoms with Crippen LogP contribution in [0, 0.1) is 0 Å². The Morgan fingerprint density at radius 3 is 2.48 bits per heavy atom. The summed E-state index contributed by atoms with van der Waals surface area (Å²) < 4.78 is 1.92. The molecule has 1 aromatic carbocycles. The molecule has 0 bridgehead atoms. The van der Waals surface area contributed by atoms with E-state index in [0.29, 0.717) is 0 Å². The summed E-state index contributed by atoms with van der Waals surface area (Å²) in [4.78, 5) is 12.8. The predicted octanol–water partition coefficient (Wildman–Crippen LogP) is 2.07. The number of amidine groups is 1. The number of aliphatic imine (C=N–C) groups is 1. The third-order valence-electron chi connectivity index (χ3n) is 3.19. The first-order chi connectivity index (χ1) is 10.3. The molecule has 0 unspecified atom stereocenters. The highest BCUT2D eigenvalue weighted by molar-refractivity contribution is 5.98. The lowest BCUT2D eigenvalue weighted by Crippen LogP contribution is -2.19. The van der Waals surface area contributed by atoms with Crippen molar-refractivity contribution < 1.29 is 0 Å². The molecule has 0 atom stereocenters. The molecule has 6 nitrogen and oxygen atoms in total. The van der Waals surface area contributed by atoms with E-state index in [1.807, 2.05) is 48.1 Å². The zero-order chi connectivity index (χ0) is 14.7. The van der Waals surface area contributed by atoms with Crippen LogP contribution in [0.15, 0.2) is 54.0 Å². The summed E-state index contributed by atoms with van der Waals surface area (Å²) in [6.07, 6.45) is 7.26. The Morgan fingerprint density at radius 2 is 1.81 bits per heavy atom. The molecule has 3 aromatic rings. The maximum absolute atomic E-state index is 4.33. The monoisotopic (exact) mass is 280 g/mol. The van der Waals surface area contributed by atoms with E-state index in [2.05, 4.69) is 25.6 Å². The molecule has 0 saturated carbocycles. The number of anilines is 2. The maximum Gasteiger partial charge on any atom is 0.180 e. The van der Waals surface area contributed by atoms with Crippen molar-refractivity contribution in [1.82, 2.24) is 19.7 Å². The topological polar surface area (TPSA) is 66.6 Å². The lowest BCUT2D eigenvalue weighted by Gasteiger charge is -2.09. The molecular weight excluding hydrogens is 264 g/mol. The van der Waals surface area contributed by atoms with Crippen LogP contribution >= 0.6 is 0 Å². The van der Waals surface area contributed by atoms with Crippen LogP contribution in [0.1, 0.15) is 5.56 Å². The number of rotatable bonds is 3. The van der Waals surface area contributed by atoms with Crippen molar-refractivity contribution in [2.24, 2.45) is 4.99 Å². The highest BCUT2D eigenvalue weighted by Crippen LogP contribution is 2.18. The van der Waals surface area contributed by atoms with E-state index in [4.69, 9.17) is 0 Å². The fourth-order valence-electron chi connectivity index (χ4n) is 2.18. The van der Waals surface area contributed by atoms with Crippen molar-refractivity contribution >= 4 is 23.0 Å². The van der Waals surface area contributed by atoms with Crippen LogP contribution in [0.3, 0.4) is 0 Å². The molecule has 0 aliphatic heterocycles. The molecular formula is C15H16N6. The Kier molecular flexibility index (Phi) is 3.51. The third-order valence-corrected chi connectivity index (χ3v) is 3.19. The summed E-state index contributed by atoms with van der Waals surface area (Å²) in [5.41, 5.74) is 2.79. The fraction of sp³-hybridized carbons (Fsp3) is 0.133. The zero-order valence-electron chi connectivity index (χ0n) is 11.9. The summed E-state index contributed by atoms with van der Waals surface area (Å²) in [5, 5.41) is 6.34. The molecule has 0 spiro atoms. The Hall–Kier alpha value is -2.89. The number of hydrogen-bond acceptors (Lipinski definition) is 4. The molecule has 6 heteroatoms. The van der Waals surface area contributed by atoms with Crippen LogP contribution in [-0.4, -0.2) is 34.3 Å². The second-order valence-electron chi connectivity index (χ2n) is 4.46. The van der Waals surface area contributed by atoms with E-state index in [0.717, 1.165) is 28.6 Å². The lowest BCUT2D eigenvalue weighted by molar-refractivity contribution is 1.13. The van der Waals surface area contributed by atoms with Gasteiger partial charge in [-0.05, 0) is 24.3 Å². The van der Waals surface area contributed by atoms with Gasteiger partial charge in [0, 0.05) is 50.1 Å². The van der Waals surface area contributed by atoms with Crippen LogP contribution in [-0.2, 0) is 0 Å². The number of imidazole rings is 1. The van der Waals surface area contributed by atoms with Gasteiger partial charge in [-0.15, -0.1) is 0 Å². The number of fused-ring (bicyclic) bond motifs is 1. The Bertz CT molecular complexity index is 772. The fourth-order valence-corrected chi connectivity index (χ4v) is 2.18. The van der Waals surface area contributed by atoms with Gasteiger partial charge in [-0.3, -0.25) is 4.99 Å². The standard InChI is InChI=1S/C15H16N6/c1-16-13(17-2)11-3-5-12(6-4-11)20-14-15-19-8-10-21(15)9-7-18-14/h3-10H,1-2H3,(H,16,17)(H,18,20). The van der Waals surface area contributed by atoms with Gasteiger partial charge in [-0.25, -0.2) is 9.97 Å². The van der Waals surface area contributed by atoms with Crippen LogP contribution in [0.2, 0.25) is 0 Å². The normalized spacial score (nSPS) is 11.6. The molecule has 0 fully saturated rings. The average molecular weight is 280 g/mol. The molecule has 0 aliphatic carbocycles. The number of benzene rings is 1. The van der Waals surface area contributed by atoms with E-state index in [1.54, 1.807) is 19.4 Å². The van der Waals surface area contributed by atoms with Crippen molar-refractivity contribution in [3.05, 3.63) is 54.6 Å². The third kappa shape index (κ3) is 2.55. The molecule has 2 N–H and O–H groups in total. The molecule has 0 saturated heterocycles. The van der Waals surface area contributed by atoms with E-state index >= 15 is 0 Å². The minimum absolute atomic E-state index is 0.730. The van der Waals surface area contributed by atoms with Crippen molar-refractivity contribution in [1.29, 1.82) is 0 Å². The minimum atomic E-state index is 0.730. The molecule has 0 aliphatic rings. The quantitative estimate of drug-likeness (QED) is 0.569. The highest BCUT2D eigenvalue weighted by Gasteiger charge is 2.05. The van der Waals surface area contributed by atoms with Crippen LogP contribution in [0.25, 0.3) is 5.65 Å². The van der Waals surface area contributed by atoms with Gasteiger partial charge in [0.2, 0.25) is 0 Å². The van der Waals surface area contributed by atoms with Crippen LogP contribution in [0.4, 0.5) is 11.5 Å². The van der Waals surface area contributed by atoms with Gasteiger partial charge in [-0.1, -0.05) is 0 Å². The average Bonchev–Trinajstić information content (AvgIpc) is 3.00. The van der Waals surface area contributed by atoms with Gasteiger partial charge in [-0.2, -0.15) is 0 Å². The largest absolute Gasteiger partial charge is 0.373 e. The number of aromatic nitrogens is 3. The van der Waals surface area contributed by atoms with Gasteiger partial charge < -0.3 is 15.0 Å². The zero-order valence-corrected chi connectivity index (χ0v) is 11.9. The van der Waals surface area contributed by atoms with E-state index in [1.165, 1.54) is 0 Å². The molecule has 21 heavy (non-hydrogen) atoms. The van der Waals surface area contributed by atoms with Gasteiger partial charge in [0.25, 0.3) is 0 Å². The van der Waals surface area contributed by atoms with Crippen molar-refractivity contribution in [3.8, 4) is 0 Å². The summed E-state index contributed by atoms with van der Waals surface area (Å²) in [7, 11) is 3.62. The SMILES string of the molecule is CN=C(NC)c1ccc(Nc2nccn3ccnc23)cc1. The highest BCUT2D eigenvalue weighted by atomic mass is 15.1. The second kappa shape index (κ2) is 5.62. The molecule has 0 amide bonds. The molecule has 106 valence electrons. The Labute approximate surface area is 122 Å². The summed E-state index contributed by atoms with van der Waals surface area (Å²) >= 11 is 0. The predicted molar refractivity (Wildman–Crippen MR) is 84.2 cm³/mol. The summed E-state index contributed by atoms with van der Waals surface area (Å²) in [6.45, 7) is 0. The Morgan fingerprint density at radius 1 is 1.10 bits per heavy atom. The second-order valence-corrected chi connectivity index (χ2v) is 4.46. The molecule has 2 aromatic heterocycles. The first kappa shape index (κ1) is 13.1. The number of nitrogens with zero attached hydrogens (tertiary/aromatic N) is 4. The molecule has 0 radical (unpaired) electrons. The summed E-state index contributed by atoms with van der Waals surface area (Å²) in [6, 6.07) is 8.00. The van der Waals surface area contributed by atoms with Gasteiger partial charge in [0.1, 0.15) is 5.84 Å². The van der Waals surface area contributed by atoms with Crippen LogP contribution in [0.5, 0.6) is 0 Å². The van der Waals surface area contributed by atoms with E-state index < -0.39 is 0 Å². The van der Waals surface area contributed by atoms with Crippen molar-refractivity contribution in [2.75, 3.05) is 19.4 Å². The van der Waals surface area contributed by atoms with E-state index in [-0.39, 0.29) is 0 Å². The molecule has 3 rings (SSSR count). The minimum Gasteiger partial charge on any atom is -0.373 e. The van der Waals surface area contributed by atoms with Gasteiger partial charge in [0.15, 0.2) is 11.5 Å². The summed E-state index contributed by atoms with van der Waals surface area (Å²) in [5.74, 6) is 1.59. The first-order valence-corrected chi connectivity index (χ1v) is 6.61. The Balaban J connectivity index is 1.87. The lowest BCUT2D eigenvalue weighted by atomic mass is 10.2. The van der Waals surface area contributed by atoms with E-state index in [9.17, 15) is 0 Å². The van der Waals surface area contributed by atoms with Gasteiger partial charge >= 0.3 is 0 Å². The maximum atomic E-state index is 4.33. The smallest absolute Gasteiger partial charge is 0.180 e. The van der Waals surface area contributed by atoms with Crippen molar-refractivity contribution in [3.63, 3.8) is 0 Å². The van der Waals surface area contributed by atoms with Crippen molar-refractivity contribution in [2.45, 2.75) is 0 Å². The molecule has 2 heterocycles.